The van der Waals surface area contributed by atoms with Crippen LogP contribution >= 0.6 is 0 Å². The number of aliphatic carboxylic acids is 1. The van der Waals surface area contributed by atoms with E-state index in [2.05, 4.69) is 11.8 Å². The van der Waals surface area contributed by atoms with Crippen LogP contribution < -0.4 is 0 Å². The molecule has 1 saturated heterocycles. The fraction of sp³-hybridized carbons (Fsp3) is 0.875. The average Bonchev–Trinajstić information content (AvgIpc) is 2.34. The van der Waals surface area contributed by atoms with Crippen LogP contribution in [0, 0.1) is 0 Å². The van der Waals surface area contributed by atoms with Gasteiger partial charge in [0, 0.05) is 20.0 Å². The Morgan fingerprint density at radius 1 is 1.67 bits per heavy atom. The van der Waals surface area contributed by atoms with E-state index in [-0.39, 0.29) is 6.10 Å². The smallest absolute Gasteiger partial charge is 0.300 e. The van der Waals surface area contributed by atoms with Gasteiger partial charge in [-0.05, 0) is 13.0 Å². The largest absolute Gasteiger partial charge is 0.481 e. The maximum absolute atomic E-state index is 9.00. The number of β-amino-alcohol motifs (C(OH)–C–C–N with tert-alkyl or cyclic N) is 1. The molecule has 0 spiro atoms. The minimum Gasteiger partial charge on any atom is -0.481 e. The van der Waals surface area contributed by atoms with E-state index >= 15 is 0 Å². The number of likely N-dealkylation sites (N-methyl/N-ethyl adjacent to an activating group) is 1. The van der Waals surface area contributed by atoms with E-state index in [4.69, 9.17) is 15.0 Å². The molecule has 1 fully saturated rings. The van der Waals surface area contributed by atoms with Crippen LogP contribution in [0.3, 0.4) is 0 Å². The summed E-state index contributed by atoms with van der Waals surface area (Å²) in [6.07, 6.45) is 0.920. The molecular formula is C8H17NO3. The Morgan fingerprint density at radius 2 is 2.17 bits per heavy atom. The minimum absolute atomic E-state index is 0.0463. The number of rotatable bonds is 1. The summed E-state index contributed by atoms with van der Waals surface area (Å²) in [5.74, 6) is -0.833. The normalized spacial score (nSPS) is 23.1. The Balaban J connectivity index is 0.000000261. The molecule has 1 atom stereocenters. The molecule has 1 aliphatic heterocycles. The zero-order chi connectivity index (χ0) is 9.56. The minimum atomic E-state index is -0.833. The standard InChI is InChI=1S/C6H13NO.C2H4O2/c1-2-7-4-3-6(8)5-7;1-2(3)4/h6,8H,2-5H2,1H3;1H3,(H,3,4). The molecule has 0 amide bonds. The van der Waals surface area contributed by atoms with Crippen molar-refractivity contribution in [2.24, 2.45) is 0 Å². The van der Waals surface area contributed by atoms with Crippen molar-refractivity contribution in [3.63, 3.8) is 0 Å². The SMILES string of the molecule is CC(=O)O.CCN1CCC(O)C1. The van der Waals surface area contributed by atoms with Gasteiger partial charge in [0.15, 0.2) is 0 Å². The Hall–Kier alpha value is -0.610. The Labute approximate surface area is 72.8 Å². The van der Waals surface area contributed by atoms with Crippen LogP contribution in [0.1, 0.15) is 20.3 Å². The number of aliphatic hydroxyl groups excluding tert-OH is 1. The maximum atomic E-state index is 9.00. The summed E-state index contributed by atoms with van der Waals surface area (Å²) in [5, 5.41) is 16.4. The Bertz CT molecular complexity index is 134. The van der Waals surface area contributed by atoms with Crippen LogP contribution in [0.15, 0.2) is 0 Å². The number of hydrogen-bond donors (Lipinski definition) is 2. The van der Waals surface area contributed by atoms with Crippen LogP contribution in [0.25, 0.3) is 0 Å². The molecule has 4 heteroatoms. The van der Waals surface area contributed by atoms with Gasteiger partial charge in [0.25, 0.3) is 5.97 Å². The molecule has 4 nitrogen and oxygen atoms in total. The highest BCUT2D eigenvalue weighted by Gasteiger charge is 2.17. The molecule has 0 bridgehead atoms. The fourth-order valence-corrected chi connectivity index (χ4v) is 1.10. The number of carbonyl (C=O) groups is 1. The van der Waals surface area contributed by atoms with Crippen molar-refractivity contribution in [3.05, 3.63) is 0 Å². The van der Waals surface area contributed by atoms with E-state index in [1.54, 1.807) is 0 Å². The summed E-state index contributed by atoms with van der Waals surface area (Å²) in [5.41, 5.74) is 0. The summed E-state index contributed by atoms with van der Waals surface area (Å²) in [6, 6.07) is 0. The van der Waals surface area contributed by atoms with E-state index in [1.165, 1.54) is 0 Å². The van der Waals surface area contributed by atoms with Gasteiger partial charge in [-0.3, -0.25) is 4.79 Å². The highest BCUT2D eigenvalue weighted by atomic mass is 16.4. The van der Waals surface area contributed by atoms with E-state index in [0.29, 0.717) is 0 Å². The van der Waals surface area contributed by atoms with Crippen LogP contribution in [-0.2, 0) is 4.79 Å². The summed E-state index contributed by atoms with van der Waals surface area (Å²) in [4.78, 5) is 11.3. The molecule has 1 unspecified atom stereocenters. The summed E-state index contributed by atoms with van der Waals surface area (Å²) < 4.78 is 0. The van der Waals surface area contributed by atoms with Gasteiger partial charge in [-0.25, -0.2) is 0 Å². The Kier molecular flexibility index (Phi) is 5.66. The average molecular weight is 175 g/mol. The van der Waals surface area contributed by atoms with Crippen LogP contribution in [0.2, 0.25) is 0 Å². The second-order valence-corrected chi connectivity index (χ2v) is 2.85. The number of hydrogen-bond acceptors (Lipinski definition) is 3. The first-order valence-electron chi connectivity index (χ1n) is 4.16. The number of nitrogens with zero attached hydrogens (tertiary/aromatic N) is 1. The summed E-state index contributed by atoms with van der Waals surface area (Å²) in [6.45, 7) is 6.25. The van der Waals surface area contributed by atoms with E-state index in [0.717, 1.165) is 33.0 Å². The monoisotopic (exact) mass is 175 g/mol. The molecule has 1 heterocycles. The number of aliphatic hydroxyl groups is 1. The first kappa shape index (κ1) is 11.4. The predicted molar refractivity (Wildman–Crippen MR) is 46.0 cm³/mol. The van der Waals surface area contributed by atoms with Crippen LogP contribution in [-0.4, -0.2) is 46.8 Å². The third-order valence-electron chi connectivity index (χ3n) is 1.69. The van der Waals surface area contributed by atoms with Crippen molar-refractivity contribution in [3.8, 4) is 0 Å². The van der Waals surface area contributed by atoms with E-state index in [9.17, 15) is 0 Å². The highest BCUT2D eigenvalue weighted by molar-refractivity contribution is 5.62. The number of carboxylic acids is 1. The number of carboxylic acid groups (broad SMARTS) is 1. The molecule has 0 aromatic rings. The zero-order valence-electron chi connectivity index (χ0n) is 7.66. The van der Waals surface area contributed by atoms with Gasteiger partial charge >= 0.3 is 0 Å². The molecule has 0 aromatic heterocycles. The van der Waals surface area contributed by atoms with Gasteiger partial charge in [-0.15, -0.1) is 0 Å². The van der Waals surface area contributed by atoms with Crippen LogP contribution in [0.4, 0.5) is 0 Å². The summed E-state index contributed by atoms with van der Waals surface area (Å²) in [7, 11) is 0. The van der Waals surface area contributed by atoms with Gasteiger partial charge in [0.2, 0.25) is 0 Å². The van der Waals surface area contributed by atoms with Crippen molar-refractivity contribution in [1.29, 1.82) is 0 Å². The third-order valence-corrected chi connectivity index (χ3v) is 1.69. The molecular weight excluding hydrogens is 158 g/mol. The number of likely N-dealkylation sites (tertiary alicyclic amines) is 1. The first-order chi connectivity index (χ1) is 5.56. The van der Waals surface area contributed by atoms with Gasteiger partial charge in [-0.1, -0.05) is 6.92 Å². The highest BCUT2D eigenvalue weighted by Crippen LogP contribution is 2.06. The molecule has 0 radical (unpaired) electrons. The van der Waals surface area contributed by atoms with E-state index in [1.807, 2.05) is 0 Å². The second-order valence-electron chi connectivity index (χ2n) is 2.85. The van der Waals surface area contributed by atoms with Gasteiger partial charge in [0.1, 0.15) is 0 Å². The third kappa shape index (κ3) is 6.12. The first-order valence-corrected chi connectivity index (χ1v) is 4.16. The second kappa shape index (κ2) is 5.97. The Morgan fingerprint density at radius 3 is 2.33 bits per heavy atom. The van der Waals surface area contributed by atoms with Crippen molar-refractivity contribution in [2.75, 3.05) is 19.6 Å². The quantitative estimate of drug-likeness (QED) is 0.596. The molecule has 1 aliphatic rings. The lowest BCUT2D eigenvalue weighted by molar-refractivity contribution is -0.134. The predicted octanol–water partition coefficient (Wildman–Crippen LogP) is 0.164. The molecule has 0 aliphatic carbocycles. The molecule has 2 N–H and O–H groups in total. The van der Waals surface area contributed by atoms with Crippen LogP contribution in [0.5, 0.6) is 0 Å². The van der Waals surface area contributed by atoms with Gasteiger partial charge in [0.05, 0.1) is 6.10 Å². The molecule has 12 heavy (non-hydrogen) atoms. The summed E-state index contributed by atoms with van der Waals surface area (Å²) >= 11 is 0. The molecule has 1 rings (SSSR count). The maximum Gasteiger partial charge on any atom is 0.300 e. The molecule has 0 aromatic carbocycles. The lowest BCUT2D eigenvalue weighted by Crippen LogP contribution is -2.21. The van der Waals surface area contributed by atoms with Gasteiger partial charge < -0.3 is 15.1 Å². The zero-order valence-corrected chi connectivity index (χ0v) is 7.66. The topological polar surface area (TPSA) is 60.8 Å². The van der Waals surface area contributed by atoms with Crippen molar-refractivity contribution < 1.29 is 15.0 Å². The lowest BCUT2D eigenvalue weighted by atomic mass is 10.3. The van der Waals surface area contributed by atoms with Crippen molar-refractivity contribution in [2.45, 2.75) is 26.4 Å². The van der Waals surface area contributed by atoms with E-state index < -0.39 is 5.97 Å². The van der Waals surface area contributed by atoms with Crippen molar-refractivity contribution >= 4 is 5.97 Å². The molecule has 0 saturated carbocycles. The molecule has 72 valence electrons. The lowest BCUT2D eigenvalue weighted by Gasteiger charge is -2.09. The van der Waals surface area contributed by atoms with Crippen molar-refractivity contribution in [1.82, 2.24) is 4.90 Å². The van der Waals surface area contributed by atoms with Gasteiger partial charge in [-0.2, -0.15) is 0 Å². The fourth-order valence-electron chi connectivity index (χ4n) is 1.10.